The summed E-state index contributed by atoms with van der Waals surface area (Å²) in [6.45, 7) is 7.65. The summed E-state index contributed by atoms with van der Waals surface area (Å²) in [6.07, 6.45) is 0. The van der Waals surface area contributed by atoms with Crippen molar-refractivity contribution in [2.75, 3.05) is 25.1 Å². The zero-order valence-electron chi connectivity index (χ0n) is 10.7. The van der Waals surface area contributed by atoms with Gasteiger partial charge in [0.05, 0.1) is 25.4 Å². The lowest BCUT2D eigenvalue weighted by Crippen LogP contribution is -2.03. The van der Waals surface area contributed by atoms with Crippen LogP contribution in [0.1, 0.15) is 20.8 Å². The van der Waals surface area contributed by atoms with Crippen LogP contribution in [0.5, 0.6) is 11.5 Å². The van der Waals surface area contributed by atoms with Gasteiger partial charge in [-0.2, -0.15) is 0 Å². The van der Waals surface area contributed by atoms with Gasteiger partial charge in [-0.25, -0.2) is 0 Å². The van der Waals surface area contributed by atoms with Gasteiger partial charge >= 0.3 is 0 Å². The second-order valence-corrected chi connectivity index (χ2v) is 3.30. The minimum atomic E-state index is 0.603. The molecule has 0 spiro atoms. The van der Waals surface area contributed by atoms with E-state index in [1.54, 1.807) is 0 Å². The van der Waals surface area contributed by atoms with Crippen LogP contribution in [0.4, 0.5) is 5.69 Å². The minimum absolute atomic E-state index is 0.603. The largest absolute Gasteiger partial charge is 0.494 e. The summed E-state index contributed by atoms with van der Waals surface area (Å²) in [5.74, 6) is 7.47. The molecule has 0 radical (unpaired) electrons. The summed E-state index contributed by atoms with van der Waals surface area (Å²) in [6, 6.07) is 5.76. The number of benzene rings is 1. The van der Waals surface area contributed by atoms with Crippen molar-refractivity contribution in [1.29, 1.82) is 0 Å². The first-order chi connectivity index (χ1) is 8.31. The maximum atomic E-state index is 5.53. The second-order valence-electron chi connectivity index (χ2n) is 3.30. The van der Waals surface area contributed by atoms with Gasteiger partial charge in [0, 0.05) is 6.07 Å². The average molecular weight is 233 g/mol. The molecule has 0 heterocycles. The van der Waals surface area contributed by atoms with E-state index < -0.39 is 0 Å². The van der Waals surface area contributed by atoms with Crippen LogP contribution in [-0.2, 0) is 0 Å². The van der Waals surface area contributed by atoms with Crippen LogP contribution in [-0.4, -0.2) is 19.8 Å². The van der Waals surface area contributed by atoms with Gasteiger partial charge in [0.1, 0.15) is 11.5 Å². The highest BCUT2D eigenvalue weighted by Crippen LogP contribution is 2.29. The minimum Gasteiger partial charge on any atom is -0.494 e. The van der Waals surface area contributed by atoms with Crippen molar-refractivity contribution in [3.63, 3.8) is 0 Å². The van der Waals surface area contributed by atoms with Crippen molar-refractivity contribution in [1.82, 2.24) is 0 Å². The van der Waals surface area contributed by atoms with Crippen LogP contribution in [0.15, 0.2) is 18.2 Å². The van der Waals surface area contributed by atoms with Gasteiger partial charge < -0.3 is 14.8 Å². The van der Waals surface area contributed by atoms with Crippen molar-refractivity contribution in [2.45, 2.75) is 20.8 Å². The molecular formula is C14H19NO2. The van der Waals surface area contributed by atoms with Crippen LogP contribution >= 0.6 is 0 Å². The van der Waals surface area contributed by atoms with Crippen molar-refractivity contribution in [2.24, 2.45) is 0 Å². The fraction of sp³-hybridized carbons (Fsp3) is 0.429. The number of hydrogen-bond donors (Lipinski definition) is 1. The zero-order chi connectivity index (χ0) is 12.5. The third-order valence-corrected chi connectivity index (χ3v) is 2.11. The molecule has 0 fully saturated rings. The number of rotatable bonds is 6. The monoisotopic (exact) mass is 233 g/mol. The SMILES string of the molecule is CC#CCNc1cc(OCC)ccc1OCC. The second kappa shape index (κ2) is 7.45. The van der Waals surface area contributed by atoms with Gasteiger partial charge in [-0.15, -0.1) is 5.92 Å². The molecule has 3 heteroatoms. The van der Waals surface area contributed by atoms with Crippen molar-refractivity contribution in [3.8, 4) is 23.3 Å². The van der Waals surface area contributed by atoms with Crippen LogP contribution < -0.4 is 14.8 Å². The molecule has 17 heavy (non-hydrogen) atoms. The quantitative estimate of drug-likeness (QED) is 0.766. The molecule has 92 valence electrons. The summed E-state index contributed by atoms with van der Waals surface area (Å²) in [4.78, 5) is 0. The van der Waals surface area contributed by atoms with E-state index in [0.717, 1.165) is 17.2 Å². The van der Waals surface area contributed by atoms with E-state index in [9.17, 15) is 0 Å². The first-order valence-corrected chi connectivity index (χ1v) is 5.84. The average Bonchev–Trinajstić information content (AvgIpc) is 2.33. The lowest BCUT2D eigenvalue weighted by atomic mass is 10.2. The topological polar surface area (TPSA) is 30.5 Å². The van der Waals surface area contributed by atoms with E-state index in [4.69, 9.17) is 9.47 Å². The van der Waals surface area contributed by atoms with Crippen LogP contribution in [0.2, 0.25) is 0 Å². The molecule has 0 saturated carbocycles. The van der Waals surface area contributed by atoms with Gasteiger partial charge in [0.2, 0.25) is 0 Å². The molecule has 0 aliphatic carbocycles. The summed E-state index contributed by atoms with van der Waals surface area (Å²) < 4.78 is 11.0. The zero-order valence-corrected chi connectivity index (χ0v) is 10.7. The first kappa shape index (κ1) is 13.2. The van der Waals surface area contributed by atoms with E-state index in [-0.39, 0.29) is 0 Å². The molecule has 1 rings (SSSR count). The highest BCUT2D eigenvalue weighted by atomic mass is 16.5. The molecule has 0 amide bonds. The number of ether oxygens (including phenoxy) is 2. The van der Waals surface area contributed by atoms with E-state index >= 15 is 0 Å². The van der Waals surface area contributed by atoms with Crippen molar-refractivity contribution < 1.29 is 9.47 Å². The molecule has 0 atom stereocenters. The Hall–Kier alpha value is -1.82. The molecule has 0 unspecified atom stereocenters. The highest BCUT2D eigenvalue weighted by Gasteiger charge is 2.04. The van der Waals surface area contributed by atoms with E-state index in [2.05, 4.69) is 17.2 Å². The van der Waals surface area contributed by atoms with Gasteiger partial charge in [0.25, 0.3) is 0 Å². The maximum Gasteiger partial charge on any atom is 0.142 e. The Morgan fingerprint density at radius 2 is 1.94 bits per heavy atom. The molecular weight excluding hydrogens is 214 g/mol. The number of nitrogens with one attached hydrogen (secondary N) is 1. The highest BCUT2D eigenvalue weighted by molar-refractivity contribution is 5.60. The summed E-state index contributed by atoms with van der Waals surface area (Å²) >= 11 is 0. The third-order valence-electron chi connectivity index (χ3n) is 2.11. The maximum absolute atomic E-state index is 5.53. The standard InChI is InChI=1S/C14H19NO2/c1-4-7-10-15-13-11-12(16-5-2)8-9-14(13)17-6-3/h8-9,11,15H,5-6,10H2,1-3H3. The normalized spacial score (nSPS) is 9.12. The Balaban J connectivity index is 2.84. The molecule has 3 nitrogen and oxygen atoms in total. The van der Waals surface area contributed by atoms with E-state index in [0.29, 0.717) is 19.8 Å². The molecule has 0 saturated heterocycles. The van der Waals surface area contributed by atoms with Crippen LogP contribution in [0.25, 0.3) is 0 Å². The van der Waals surface area contributed by atoms with Gasteiger partial charge in [-0.1, -0.05) is 5.92 Å². The molecule has 0 aliphatic rings. The van der Waals surface area contributed by atoms with Crippen LogP contribution in [0.3, 0.4) is 0 Å². The molecule has 0 bridgehead atoms. The number of hydrogen-bond acceptors (Lipinski definition) is 3. The Morgan fingerprint density at radius 1 is 1.18 bits per heavy atom. The van der Waals surface area contributed by atoms with Gasteiger partial charge in [-0.05, 0) is 32.9 Å². The summed E-state index contributed by atoms with van der Waals surface area (Å²) in [7, 11) is 0. The lowest BCUT2D eigenvalue weighted by Gasteiger charge is -2.12. The molecule has 1 aromatic carbocycles. The Kier molecular flexibility index (Phi) is 5.81. The predicted molar refractivity (Wildman–Crippen MR) is 70.7 cm³/mol. The lowest BCUT2D eigenvalue weighted by molar-refractivity contribution is 0.332. The Morgan fingerprint density at radius 3 is 2.59 bits per heavy atom. The smallest absolute Gasteiger partial charge is 0.142 e. The first-order valence-electron chi connectivity index (χ1n) is 5.84. The Bertz CT molecular complexity index is 404. The molecule has 0 aliphatic heterocycles. The summed E-state index contributed by atoms with van der Waals surface area (Å²) in [5.41, 5.74) is 0.917. The molecule has 1 N–H and O–H groups in total. The fourth-order valence-corrected chi connectivity index (χ4v) is 1.41. The van der Waals surface area contributed by atoms with Gasteiger partial charge in [-0.3, -0.25) is 0 Å². The third kappa shape index (κ3) is 4.28. The molecule has 1 aromatic rings. The molecule has 0 aromatic heterocycles. The Labute approximate surface area is 103 Å². The fourth-order valence-electron chi connectivity index (χ4n) is 1.41. The van der Waals surface area contributed by atoms with Crippen LogP contribution in [0, 0.1) is 11.8 Å². The number of anilines is 1. The summed E-state index contributed by atoms with van der Waals surface area (Å²) in [5, 5.41) is 3.22. The van der Waals surface area contributed by atoms with Crippen molar-refractivity contribution in [3.05, 3.63) is 18.2 Å². The van der Waals surface area contributed by atoms with E-state index in [1.807, 2.05) is 39.0 Å². The van der Waals surface area contributed by atoms with Gasteiger partial charge in [0.15, 0.2) is 0 Å². The predicted octanol–water partition coefficient (Wildman–Crippen LogP) is 2.92. The van der Waals surface area contributed by atoms with E-state index in [1.165, 1.54) is 0 Å². The van der Waals surface area contributed by atoms with Crippen molar-refractivity contribution >= 4 is 5.69 Å².